The third-order valence-corrected chi connectivity index (χ3v) is 3.36. The van der Waals surface area contributed by atoms with Crippen LogP contribution in [0.15, 0.2) is 0 Å². The van der Waals surface area contributed by atoms with Crippen LogP contribution in [0.3, 0.4) is 0 Å². The van der Waals surface area contributed by atoms with Gasteiger partial charge in [0.1, 0.15) is 11.4 Å². The zero-order valence-corrected chi connectivity index (χ0v) is 9.83. The van der Waals surface area contributed by atoms with Crippen LogP contribution >= 0.6 is 0 Å². The summed E-state index contributed by atoms with van der Waals surface area (Å²) >= 11 is 0. The highest BCUT2D eigenvalue weighted by atomic mass is 16.5. The molecule has 1 aromatic heterocycles. The van der Waals surface area contributed by atoms with Crippen LogP contribution in [0.5, 0.6) is 0 Å². The van der Waals surface area contributed by atoms with Crippen LogP contribution in [0.2, 0.25) is 0 Å². The molecule has 5 nitrogen and oxygen atoms in total. The molecule has 0 unspecified atom stereocenters. The second kappa shape index (κ2) is 4.93. The number of aromatic amines is 1. The first kappa shape index (κ1) is 11.5. The Morgan fingerprint density at radius 1 is 1.44 bits per heavy atom. The lowest BCUT2D eigenvalue weighted by atomic mass is 10.0. The molecule has 1 aliphatic rings. The Labute approximate surface area is 95.8 Å². The number of H-pyrrole nitrogens is 1. The topological polar surface area (TPSA) is 76.8 Å². The smallest absolute Gasteiger partial charge is 0.182 e. The van der Waals surface area contributed by atoms with Gasteiger partial charge in [-0.05, 0) is 38.6 Å². The summed E-state index contributed by atoms with van der Waals surface area (Å²) in [5.74, 6) is 1.74. The van der Waals surface area contributed by atoms with Crippen molar-refractivity contribution in [3.8, 4) is 0 Å². The van der Waals surface area contributed by atoms with Crippen LogP contribution in [0.25, 0.3) is 0 Å². The van der Waals surface area contributed by atoms with Crippen molar-refractivity contribution in [3.05, 3.63) is 11.6 Å². The molecule has 0 bridgehead atoms. The van der Waals surface area contributed by atoms with Crippen molar-refractivity contribution in [1.82, 2.24) is 15.2 Å². The normalized spacial score (nSPS) is 19.1. The van der Waals surface area contributed by atoms with Crippen molar-refractivity contribution in [2.24, 2.45) is 5.73 Å². The maximum Gasteiger partial charge on any atom is 0.182 e. The summed E-state index contributed by atoms with van der Waals surface area (Å²) in [5, 5.41) is 7.27. The van der Waals surface area contributed by atoms with E-state index in [1.807, 2.05) is 0 Å². The molecule has 1 aromatic rings. The molecule has 0 aliphatic heterocycles. The zero-order chi connectivity index (χ0) is 11.4. The van der Waals surface area contributed by atoms with E-state index >= 15 is 0 Å². The van der Waals surface area contributed by atoms with E-state index in [0.717, 1.165) is 37.3 Å². The minimum absolute atomic E-state index is 0.239. The Bertz CT molecular complexity index is 330. The lowest BCUT2D eigenvalue weighted by molar-refractivity contribution is -0.0160. The summed E-state index contributed by atoms with van der Waals surface area (Å²) in [4.78, 5) is 4.53. The summed E-state index contributed by atoms with van der Waals surface area (Å²) < 4.78 is 5.63. The molecule has 1 aliphatic carbocycles. The van der Waals surface area contributed by atoms with Crippen molar-refractivity contribution >= 4 is 0 Å². The van der Waals surface area contributed by atoms with Crippen molar-refractivity contribution in [2.45, 2.75) is 44.1 Å². The standard InChI is InChI=1S/C11H20N4O/c1-16-11(6-2-3-7-11)10-13-9(14-15-10)5-4-8-12/h2-8,12H2,1H3,(H,13,14,15). The number of hydrogen-bond donors (Lipinski definition) is 2. The van der Waals surface area contributed by atoms with Gasteiger partial charge in [0.15, 0.2) is 5.82 Å². The lowest BCUT2D eigenvalue weighted by Crippen LogP contribution is -2.26. The number of ether oxygens (including phenoxy) is 1. The summed E-state index contributed by atoms with van der Waals surface area (Å²) in [5.41, 5.74) is 5.23. The molecule has 0 radical (unpaired) electrons. The maximum absolute atomic E-state index is 5.63. The number of rotatable bonds is 5. The number of methoxy groups -OCH3 is 1. The van der Waals surface area contributed by atoms with Crippen LogP contribution in [0, 0.1) is 0 Å². The Balaban J connectivity index is 2.10. The third kappa shape index (κ3) is 2.10. The van der Waals surface area contributed by atoms with Gasteiger partial charge in [0.2, 0.25) is 0 Å². The first-order valence-corrected chi connectivity index (χ1v) is 5.98. The Hall–Kier alpha value is -0.940. The van der Waals surface area contributed by atoms with Gasteiger partial charge in [0.05, 0.1) is 0 Å². The van der Waals surface area contributed by atoms with Crippen LogP contribution in [0.1, 0.15) is 43.8 Å². The Morgan fingerprint density at radius 2 is 2.19 bits per heavy atom. The monoisotopic (exact) mass is 224 g/mol. The lowest BCUT2D eigenvalue weighted by Gasteiger charge is -2.23. The fourth-order valence-electron chi connectivity index (χ4n) is 2.35. The molecule has 0 spiro atoms. The van der Waals surface area contributed by atoms with E-state index < -0.39 is 0 Å². The highest BCUT2D eigenvalue weighted by Crippen LogP contribution is 2.39. The number of nitrogens with zero attached hydrogens (tertiary/aromatic N) is 2. The first-order chi connectivity index (χ1) is 7.80. The van der Waals surface area contributed by atoms with Crippen LogP contribution in [0.4, 0.5) is 0 Å². The van der Waals surface area contributed by atoms with Crippen molar-refractivity contribution < 1.29 is 4.74 Å². The molecule has 0 amide bonds. The molecule has 16 heavy (non-hydrogen) atoms. The third-order valence-electron chi connectivity index (χ3n) is 3.36. The second-order valence-electron chi connectivity index (χ2n) is 4.40. The summed E-state index contributed by atoms with van der Waals surface area (Å²) in [6, 6.07) is 0. The van der Waals surface area contributed by atoms with Gasteiger partial charge in [-0.15, -0.1) is 0 Å². The number of aryl methyl sites for hydroxylation is 1. The van der Waals surface area contributed by atoms with Crippen molar-refractivity contribution in [1.29, 1.82) is 0 Å². The van der Waals surface area contributed by atoms with E-state index in [0.29, 0.717) is 6.54 Å². The van der Waals surface area contributed by atoms with E-state index in [9.17, 15) is 0 Å². The van der Waals surface area contributed by atoms with Gasteiger partial charge in [0, 0.05) is 13.5 Å². The van der Waals surface area contributed by atoms with E-state index in [2.05, 4.69) is 15.2 Å². The number of nitrogens with two attached hydrogens (primary N) is 1. The first-order valence-electron chi connectivity index (χ1n) is 5.98. The van der Waals surface area contributed by atoms with Crippen LogP contribution in [-0.2, 0) is 16.8 Å². The molecule has 0 aromatic carbocycles. The van der Waals surface area contributed by atoms with Crippen LogP contribution in [-0.4, -0.2) is 28.8 Å². The molecular formula is C11H20N4O. The van der Waals surface area contributed by atoms with Gasteiger partial charge in [-0.3, -0.25) is 5.10 Å². The second-order valence-corrected chi connectivity index (χ2v) is 4.40. The fourth-order valence-corrected chi connectivity index (χ4v) is 2.35. The van der Waals surface area contributed by atoms with E-state index in [1.54, 1.807) is 7.11 Å². The van der Waals surface area contributed by atoms with Gasteiger partial charge >= 0.3 is 0 Å². The Kier molecular flexibility index (Phi) is 3.56. The molecule has 90 valence electrons. The molecule has 5 heteroatoms. The largest absolute Gasteiger partial charge is 0.370 e. The number of aromatic nitrogens is 3. The number of hydrogen-bond acceptors (Lipinski definition) is 4. The summed E-state index contributed by atoms with van der Waals surface area (Å²) in [6.07, 6.45) is 6.24. The van der Waals surface area contributed by atoms with Gasteiger partial charge in [-0.25, -0.2) is 4.98 Å². The minimum Gasteiger partial charge on any atom is -0.370 e. The SMILES string of the molecule is COC1(c2n[nH]c(CCCN)n2)CCCC1. The quantitative estimate of drug-likeness (QED) is 0.785. The minimum atomic E-state index is -0.239. The highest BCUT2D eigenvalue weighted by molar-refractivity contribution is 5.06. The molecule has 1 fully saturated rings. The van der Waals surface area contributed by atoms with Crippen molar-refractivity contribution in [3.63, 3.8) is 0 Å². The van der Waals surface area contributed by atoms with Gasteiger partial charge in [-0.1, -0.05) is 0 Å². The molecule has 3 N–H and O–H groups in total. The van der Waals surface area contributed by atoms with Crippen LogP contribution < -0.4 is 5.73 Å². The van der Waals surface area contributed by atoms with E-state index in [1.165, 1.54) is 12.8 Å². The Morgan fingerprint density at radius 3 is 2.81 bits per heavy atom. The van der Waals surface area contributed by atoms with Gasteiger partial charge in [0.25, 0.3) is 0 Å². The molecule has 1 saturated carbocycles. The molecule has 2 rings (SSSR count). The molecule has 0 atom stereocenters. The summed E-state index contributed by atoms with van der Waals surface area (Å²) in [6.45, 7) is 0.686. The van der Waals surface area contributed by atoms with Gasteiger partial charge < -0.3 is 10.5 Å². The molecule has 1 heterocycles. The average Bonchev–Trinajstić information content (AvgIpc) is 2.95. The zero-order valence-electron chi connectivity index (χ0n) is 9.83. The molecule has 0 saturated heterocycles. The number of nitrogens with one attached hydrogen (secondary N) is 1. The summed E-state index contributed by atoms with van der Waals surface area (Å²) in [7, 11) is 1.75. The fraction of sp³-hybridized carbons (Fsp3) is 0.818. The van der Waals surface area contributed by atoms with E-state index in [4.69, 9.17) is 10.5 Å². The highest BCUT2D eigenvalue weighted by Gasteiger charge is 2.39. The average molecular weight is 224 g/mol. The predicted octanol–water partition coefficient (Wildman–Crippen LogP) is 1.11. The van der Waals surface area contributed by atoms with Crippen molar-refractivity contribution in [2.75, 3.05) is 13.7 Å². The van der Waals surface area contributed by atoms with Gasteiger partial charge in [-0.2, -0.15) is 5.10 Å². The maximum atomic E-state index is 5.63. The van der Waals surface area contributed by atoms with E-state index in [-0.39, 0.29) is 5.60 Å². The molecular weight excluding hydrogens is 204 g/mol. The predicted molar refractivity (Wildman–Crippen MR) is 60.9 cm³/mol.